The molecule has 1 amide bonds. The van der Waals surface area contributed by atoms with Crippen LogP contribution in [0, 0.1) is 12.8 Å². The number of carbonyl (C=O) groups excluding carboxylic acids is 2. The third kappa shape index (κ3) is 6.03. The minimum atomic E-state index is -3.94. The summed E-state index contributed by atoms with van der Waals surface area (Å²) in [6.07, 6.45) is 0. The van der Waals surface area contributed by atoms with E-state index in [1.54, 1.807) is 44.2 Å². The number of anilines is 1. The molecule has 3 aromatic carbocycles. The zero-order chi connectivity index (χ0) is 29.0. The van der Waals surface area contributed by atoms with Crippen LogP contribution in [-0.2, 0) is 19.6 Å². The van der Waals surface area contributed by atoms with Crippen molar-refractivity contribution < 1.29 is 31.9 Å². The molecular formula is C30H32N2O7S. The maximum Gasteiger partial charge on any atom is 0.324 e. The molecule has 0 bridgehead atoms. The fourth-order valence-electron chi connectivity index (χ4n) is 4.34. The molecule has 0 saturated heterocycles. The van der Waals surface area contributed by atoms with Crippen LogP contribution in [0.2, 0.25) is 0 Å². The van der Waals surface area contributed by atoms with Gasteiger partial charge in [-0.3, -0.25) is 9.59 Å². The number of ether oxygens (including phenoxy) is 2. The van der Waals surface area contributed by atoms with Gasteiger partial charge in [0.2, 0.25) is 10.0 Å². The van der Waals surface area contributed by atoms with Crippen molar-refractivity contribution in [2.75, 3.05) is 19.0 Å². The van der Waals surface area contributed by atoms with Gasteiger partial charge in [0.05, 0.1) is 24.0 Å². The van der Waals surface area contributed by atoms with E-state index in [1.165, 1.54) is 19.2 Å². The van der Waals surface area contributed by atoms with Gasteiger partial charge < -0.3 is 19.2 Å². The summed E-state index contributed by atoms with van der Waals surface area (Å²) in [5.41, 5.74) is 3.45. The van der Waals surface area contributed by atoms with Crippen molar-refractivity contribution in [3.8, 4) is 16.9 Å². The zero-order valence-electron chi connectivity index (χ0n) is 23.0. The molecule has 1 aromatic heterocycles. The van der Waals surface area contributed by atoms with Gasteiger partial charge in [-0.1, -0.05) is 44.2 Å². The Balaban J connectivity index is 1.48. The van der Waals surface area contributed by atoms with Crippen molar-refractivity contribution in [1.82, 2.24) is 4.72 Å². The second kappa shape index (κ2) is 11.9. The molecule has 0 aliphatic rings. The summed E-state index contributed by atoms with van der Waals surface area (Å²) in [5.74, 6) is -0.430. The summed E-state index contributed by atoms with van der Waals surface area (Å²) in [7, 11) is -2.72. The molecule has 0 radical (unpaired) electrons. The highest BCUT2D eigenvalue weighted by Gasteiger charge is 2.29. The SMILES string of the molecule is CCOc1cccc2oc(C(=O)Nc3ccc(-c4ccc(S(=O)(=O)NC(C(=O)OC)C(C)C)cc4)cc3)c(C)c12. The molecule has 9 nitrogen and oxygen atoms in total. The molecule has 40 heavy (non-hydrogen) atoms. The Morgan fingerprint density at radius 1 is 0.950 bits per heavy atom. The molecule has 0 saturated carbocycles. The van der Waals surface area contributed by atoms with E-state index in [4.69, 9.17) is 13.9 Å². The van der Waals surface area contributed by atoms with E-state index in [-0.39, 0.29) is 22.5 Å². The van der Waals surface area contributed by atoms with Crippen molar-refractivity contribution >= 4 is 38.6 Å². The highest BCUT2D eigenvalue weighted by atomic mass is 32.2. The number of hydrogen-bond donors (Lipinski definition) is 2. The topological polar surface area (TPSA) is 124 Å². The highest BCUT2D eigenvalue weighted by molar-refractivity contribution is 7.89. The fraction of sp³-hybridized carbons (Fsp3) is 0.267. The van der Waals surface area contributed by atoms with Crippen LogP contribution in [0.5, 0.6) is 5.75 Å². The Morgan fingerprint density at radius 3 is 2.15 bits per heavy atom. The number of hydrogen-bond acceptors (Lipinski definition) is 7. The van der Waals surface area contributed by atoms with Crippen molar-refractivity contribution in [2.24, 2.45) is 5.92 Å². The standard InChI is InChI=1S/C30H32N2O7S/c1-6-38-24-8-7-9-25-26(24)19(4)28(39-25)29(33)31-22-14-10-20(11-15-22)21-12-16-23(17-13-21)40(35,36)32-27(18(2)3)30(34)37-5/h7-18,27,32H,6H2,1-5H3,(H,31,33). The maximum absolute atomic E-state index is 13.0. The minimum absolute atomic E-state index is 0.0309. The van der Waals surface area contributed by atoms with Crippen LogP contribution in [0.15, 0.2) is 76.0 Å². The van der Waals surface area contributed by atoms with Gasteiger partial charge in [-0.05, 0) is 67.3 Å². The summed E-state index contributed by atoms with van der Waals surface area (Å²) < 4.78 is 44.3. The van der Waals surface area contributed by atoms with Crippen LogP contribution in [0.4, 0.5) is 5.69 Å². The second-order valence-electron chi connectivity index (χ2n) is 9.54. The molecule has 210 valence electrons. The first-order valence-corrected chi connectivity index (χ1v) is 14.3. The van der Waals surface area contributed by atoms with Gasteiger partial charge >= 0.3 is 5.97 Å². The van der Waals surface area contributed by atoms with E-state index < -0.39 is 22.0 Å². The number of aryl methyl sites for hydroxylation is 1. The summed E-state index contributed by atoms with van der Waals surface area (Å²) in [4.78, 5) is 25.0. The first-order valence-electron chi connectivity index (χ1n) is 12.8. The van der Waals surface area contributed by atoms with E-state index in [2.05, 4.69) is 10.0 Å². The molecule has 2 N–H and O–H groups in total. The normalized spacial score (nSPS) is 12.3. The van der Waals surface area contributed by atoms with Crippen LogP contribution < -0.4 is 14.8 Å². The lowest BCUT2D eigenvalue weighted by atomic mass is 10.1. The van der Waals surface area contributed by atoms with Crippen molar-refractivity contribution in [1.29, 1.82) is 0 Å². The number of carbonyl (C=O) groups is 2. The average molecular weight is 565 g/mol. The number of fused-ring (bicyclic) bond motifs is 1. The van der Waals surface area contributed by atoms with Gasteiger partial charge in [-0.15, -0.1) is 0 Å². The molecule has 1 atom stereocenters. The lowest BCUT2D eigenvalue weighted by molar-refractivity contribution is -0.143. The molecule has 1 heterocycles. The summed E-state index contributed by atoms with van der Waals surface area (Å²) >= 11 is 0. The lowest BCUT2D eigenvalue weighted by Crippen LogP contribution is -2.44. The summed E-state index contributed by atoms with van der Waals surface area (Å²) in [6, 6.07) is 17.9. The van der Waals surface area contributed by atoms with Gasteiger partial charge in [-0.25, -0.2) is 8.42 Å². The highest BCUT2D eigenvalue weighted by Crippen LogP contribution is 2.33. The lowest BCUT2D eigenvalue weighted by Gasteiger charge is -2.19. The first kappa shape index (κ1) is 28.8. The van der Waals surface area contributed by atoms with Crippen molar-refractivity contribution in [2.45, 2.75) is 38.6 Å². The van der Waals surface area contributed by atoms with Gasteiger partial charge in [0.25, 0.3) is 5.91 Å². The molecular weight excluding hydrogens is 532 g/mol. The molecule has 0 fully saturated rings. The zero-order valence-corrected chi connectivity index (χ0v) is 23.8. The van der Waals surface area contributed by atoms with E-state index in [0.29, 0.717) is 29.2 Å². The fourth-order valence-corrected chi connectivity index (χ4v) is 5.67. The Labute approximate surface area is 233 Å². The van der Waals surface area contributed by atoms with Crippen LogP contribution >= 0.6 is 0 Å². The van der Waals surface area contributed by atoms with Crippen LogP contribution in [-0.4, -0.2) is 40.1 Å². The number of furan rings is 1. The van der Waals surface area contributed by atoms with E-state index in [1.807, 2.05) is 38.1 Å². The predicted molar refractivity (Wildman–Crippen MR) is 153 cm³/mol. The number of amides is 1. The van der Waals surface area contributed by atoms with E-state index in [0.717, 1.165) is 16.5 Å². The molecule has 0 aliphatic carbocycles. The number of methoxy groups -OCH3 is 1. The second-order valence-corrected chi connectivity index (χ2v) is 11.3. The number of nitrogens with one attached hydrogen (secondary N) is 2. The Kier molecular flexibility index (Phi) is 8.61. The van der Waals surface area contributed by atoms with E-state index in [9.17, 15) is 18.0 Å². The predicted octanol–water partition coefficient (Wildman–Crippen LogP) is 5.54. The number of rotatable bonds is 10. The quantitative estimate of drug-likeness (QED) is 0.243. The third-order valence-corrected chi connectivity index (χ3v) is 7.92. The van der Waals surface area contributed by atoms with Crippen molar-refractivity contribution in [3.05, 3.63) is 78.1 Å². The van der Waals surface area contributed by atoms with Crippen molar-refractivity contribution in [3.63, 3.8) is 0 Å². The monoisotopic (exact) mass is 564 g/mol. The smallest absolute Gasteiger partial charge is 0.324 e. The molecule has 0 aliphatic heterocycles. The van der Waals surface area contributed by atoms with Gasteiger partial charge in [-0.2, -0.15) is 4.72 Å². The van der Waals surface area contributed by atoms with Gasteiger partial charge in [0.1, 0.15) is 17.4 Å². The van der Waals surface area contributed by atoms with Gasteiger partial charge in [0.15, 0.2) is 5.76 Å². The molecule has 0 spiro atoms. The average Bonchev–Trinajstić information content (AvgIpc) is 3.29. The maximum atomic E-state index is 13.0. The Hall–Kier alpha value is -4.15. The Bertz CT molecular complexity index is 1620. The van der Waals surface area contributed by atoms with Crippen LogP contribution in [0.25, 0.3) is 22.1 Å². The molecule has 4 aromatic rings. The van der Waals surface area contributed by atoms with Crippen LogP contribution in [0.3, 0.4) is 0 Å². The number of benzene rings is 3. The molecule has 4 rings (SSSR count). The number of esters is 1. The van der Waals surface area contributed by atoms with Crippen LogP contribution in [0.1, 0.15) is 36.9 Å². The largest absolute Gasteiger partial charge is 0.493 e. The summed E-state index contributed by atoms with van der Waals surface area (Å²) in [5, 5.41) is 3.64. The number of sulfonamides is 1. The van der Waals surface area contributed by atoms with Gasteiger partial charge in [0, 0.05) is 11.3 Å². The molecule has 1 unspecified atom stereocenters. The third-order valence-electron chi connectivity index (χ3n) is 6.47. The Morgan fingerprint density at radius 2 is 1.57 bits per heavy atom. The molecule has 10 heteroatoms. The van der Waals surface area contributed by atoms with E-state index >= 15 is 0 Å². The summed E-state index contributed by atoms with van der Waals surface area (Å²) in [6.45, 7) is 7.69. The first-order chi connectivity index (χ1) is 19.1. The minimum Gasteiger partial charge on any atom is -0.493 e.